The Balaban J connectivity index is 1.94. The molecule has 1 amide bonds. The average molecular weight is 437 g/mol. The molecule has 1 atom stereocenters. The Morgan fingerprint density at radius 1 is 0.839 bits per heavy atom. The molecular formula is C25H28N2O3S. The van der Waals surface area contributed by atoms with Gasteiger partial charge in [-0.25, -0.2) is 8.42 Å². The summed E-state index contributed by atoms with van der Waals surface area (Å²) >= 11 is 0. The molecule has 1 unspecified atom stereocenters. The van der Waals surface area contributed by atoms with E-state index in [2.05, 4.69) is 10.0 Å². The molecule has 0 saturated carbocycles. The summed E-state index contributed by atoms with van der Waals surface area (Å²) in [4.78, 5) is 13.4. The highest BCUT2D eigenvalue weighted by Gasteiger charge is 2.28. The Morgan fingerprint density at radius 2 is 1.42 bits per heavy atom. The number of nitrogens with one attached hydrogen (secondary N) is 2. The van der Waals surface area contributed by atoms with Gasteiger partial charge in [0.25, 0.3) is 0 Å². The van der Waals surface area contributed by atoms with Gasteiger partial charge in [-0.05, 0) is 62.4 Å². The number of hydrogen-bond acceptors (Lipinski definition) is 3. The van der Waals surface area contributed by atoms with E-state index in [1.807, 2.05) is 74.5 Å². The molecule has 0 radical (unpaired) electrons. The minimum absolute atomic E-state index is 0.222. The van der Waals surface area contributed by atoms with Crippen molar-refractivity contribution in [3.05, 3.63) is 94.5 Å². The van der Waals surface area contributed by atoms with Gasteiger partial charge in [0.1, 0.15) is 6.04 Å². The first kappa shape index (κ1) is 22.7. The minimum Gasteiger partial charge on any atom is -0.324 e. The summed E-state index contributed by atoms with van der Waals surface area (Å²) < 4.78 is 29.3. The first-order valence-corrected chi connectivity index (χ1v) is 11.7. The van der Waals surface area contributed by atoms with Crippen molar-refractivity contribution in [3.8, 4) is 0 Å². The second-order valence-corrected chi connectivity index (χ2v) is 9.55. The van der Waals surface area contributed by atoms with E-state index in [0.717, 1.165) is 16.7 Å². The predicted octanol–water partition coefficient (Wildman–Crippen LogP) is 4.45. The van der Waals surface area contributed by atoms with Crippen molar-refractivity contribution in [2.24, 2.45) is 0 Å². The lowest BCUT2D eigenvalue weighted by molar-refractivity contribution is -0.117. The van der Waals surface area contributed by atoms with Gasteiger partial charge >= 0.3 is 0 Å². The summed E-state index contributed by atoms with van der Waals surface area (Å²) in [5.41, 5.74) is 4.74. The number of anilines is 1. The molecule has 3 aromatic rings. The zero-order valence-electron chi connectivity index (χ0n) is 18.3. The highest BCUT2D eigenvalue weighted by atomic mass is 32.2. The Bertz CT molecular complexity index is 1170. The molecule has 3 rings (SSSR count). The maximum absolute atomic E-state index is 13.3. The number of carbonyl (C=O) groups is 1. The molecule has 0 saturated heterocycles. The number of amides is 1. The van der Waals surface area contributed by atoms with Crippen molar-refractivity contribution in [1.29, 1.82) is 0 Å². The van der Waals surface area contributed by atoms with E-state index < -0.39 is 22.0 Å². The molecule has 31 heavy (non-hydrogen) atoms. The van der Waals surface area contributed by atoms with Crippen molar-refractivity contribution in [3.63, 3.8) is 0 Å². The van der Waals surface area contributed by atoms with Crippen LogP contribution in [0.2, 0.25) is 0 Å². The molecule has 0 spiro atoms. The van der Waals surface area contributed by atoms with E-state index >= 15 is 0 Å². The van der Waals surface area contributed by atoms with Gasteiger partial charge in [0.05, 0.1) is 4.90 Å². The zero-order valence-corrected chi connectivity index (χ0v) is 19.1. The number of hydrogen-bond donors (Lipinski definition) is 2. The van der Waals surface area contributed by atoms with E-state index in [9.17, 15) is 13.2 Å². The Hall–Kier alpha value is -2.96. The van der Waals surface area contributed by atoms with Crippen molar-refractivity contribution in [2.75, 3.05) is 5.32 Å². The van der Waals surface area contributed by atoms with Gasteiger partial charge in [-0.15, -0.1) is 0 Å². The zero-order chi connectivity index (χ0) is 22.6. The molecule has 5 nitrogen and oxygen atoms in total. The molecule has 0 heterocycles. The number of sulfonamides is 1. The van der Waals surface area contributed by atoms with Crippen LogP contribution in [0.4, 0.5) is 5.69 Å². The molecule has 0 aliphatic heterocycles. The summed E-state index contributed by atoms with van der Waals surface area (Å²) in [6.45, 7) is 7.37. The number of para-hydroxylation sites is 1. The highest BCUT2D eigenvalue weighted by Crippen LogP contribution is 2.23. The smallest absolute Gasteiger partial charge is 0.242 e. The SMILES string of the molecule is Cc1cc(C)c(S(=O)(=O)NC(Cc2ccccc2)C(=O)Nc2ccccc2C)c(C)c1. The largest absolute Gasteiger partial charge is 0.324 e. The van der Waals surface area contributed by atoms with E-state index in [-0.39, 0.29) is 11.3 Å². The second kappa shape index (κ2) is 9.45. The third kappa shape index (κ3) is 5.60. The first-order valence-electron chi connectivity index (χ1n) is 10.2. The molecule has 162 valence electrons. The fourth-order valence-corrected chi connectivity index (χ4v) is 5.46. The van der Waals surface area contributed by atoms with Crippen molar-refractivity contribution in [1.82, 2.24) is 4.72 Å². The Labute approximate surface area is 184 Å². The minimum atomic E-state index is -3.92. The standard InChI is InChI=1S/C25H28N2O3S/c1-17-14-19(3)24(20(4)15-17)31(29,30)27-23(16-21-11-6-5-7-12-21)25(28)26-22-13-9-8-10-18(22)2/h5-15,23,27H,16H2,1-4H3,(H,26,28). The van der Waals surface area contributed by atoms with Crippen molar-refractivity contribution >= 4 is 21.6 Å². The second-order valence-electron chi connectivity index (χ2n) is 7.90. The normalized spacial score (nSPS) is 12.4. The molecule has 6 heteroatoms. The lowest BCUT2D eigenvalue weighted by Crippen LogP contribution is -2.45. The van der Waals surface area contributed by atoms with E-state index in [0.29, 0.717) is 16.8 Å². The van der Waals surface area contributed by atoms with Crippen LogP contribution in [0, 0.1) is 27.7 Å². The van der Waals surface area contributed by atoms with E-state index in [1.54, 1.807) is 19.9 Å². The van der Waals surface area contributed by atoms with Gasteiger partial charge in [-0.1, -0.05) is 66.2 Å². The summed E-state index contributed by atoms with van der Waals surface area (Å²) in [5, 5.41) is 2.88. The van der Waals surface area contributed by atoms with Crippen LogP contribution >= 0.6 is 0 Å². The van der Waals surface area contributed by atoms with Crippen LogP contribution in [0.15, 0.2) is 71.6 Å². The predicted molar refractivity (Wildman–Crippen MR) is 125 cm³/mol. The molecule has 0 aliphatic rings. The number of rotatable bonds is 7. The van der Waals surface area contributed by atoms with Crippen molar-refractivity contribution < 1.29 is 13.2 Å². The summed E-state index contributed by atoms with van der Waals surface area (Å²) in [6.07, 6.45) is 0.238. The van der Waals surface area contributed by atoms with Crippen molar-refractivity contribution in [2.45, 2.75) is 45.1 Å². The number of benzene rings is 3. The quantitative estimate of drug-likeness (QED) is 0.575. The number of aryl methyl sites for hydroxylation is 4. The van der Waals surface area contributed by atoms with Crippen LogP contribution in [-0.4, -0.2) is 20.4 Å². The molecule has 3 aromatic carbocycles. The van der Waals surface area contributed by atoms with Crippen LogP contribution in [-0.2, 0) is 21.2 Å². The topological polar surface area (TPSA) is 75.3 Å². The fourth-order valence-electron chi connectivity index (χ4n) is 3.81. The molecule has 0 aliphatic carbocycles. The lowest BCUT2D eigenvalue weighted by Gasteiger charge is -2.21. The van der Waals surface area contributed by atoms with Crippen LogP contribution < -0.4 is 10.0 Å². The molecular weight excluding hydrogens is 408 g/mol. The summed E-state index contributed by atoms with van der Waals surface area (Å²) in [7, 11) is -3.92. The first-order chi connectivity index (χ1) is 14.7. The summed E-state index contributed by atoms with van der Waals surface area (Å²) in [5.74, 6) is -0.399. The number of carbonyl (C=O) groups excluding carboxylic acids is 1. The van der Waals surface area contributed by atoms with Crippen LogP contribution in [0.25, 0.3) is 0 Å². The third-order valence-electron chi connectivity index (χ3n) is 5.17. The maximum atomic E-state index is 13.3. The average Bonchev–Trinajstić information content (AvgIpc) is 2.68. The van der Waals surface area contributed by atoms with E-state index in [1.165, 1.54) is 0 Å². The molecule has 0 bridgehead atoms. The van der Waals surface area contributed by atoms with Crippen LogP contribution in [0.3, 0.4) is 0 Å². The van der Waals surface area contributed by atoms with Crippen LogP contribution in [0.1, 0.15) is 27.8 Å². The van der Waals surface area contributed by atoms with Gasteiger partial charge in [0.2, 0.25) is 15.9 Å². The molecule has 0 aromatic heterocycles. The lowest BCUT2D eigenvalue weighted by atomic mass is 10.1. The highest BCUT2D eigenvalue weighted by molar-refractivity contribution is 7.89. The molecule has 0 fully saturated rings. The van der Waals surface area contributed by atoms with E-state index in [4.69, 9.17) is 0 Å². The van der Waals surface area contributed by atoms with Gasteiger partial charge in [0.15, 0.2) is 0 Å². The summed E-state index contributed by atoms with van der Waals surface area (Å²) in [6, 6.07) is 19.5. The monoisotopic (exact) mass is 436 g/mol. The molecule has 2 N–H and O–H groups in total. The Morgan fingerprint density at radius 3 is 2.03 bits per heavy atom. The van der Waals surface area contributed by atoms with Crippen LogP contribution in [0.5, 0.6) is 0 Å². The third-order valence-corrected chi connectivity index (χ3v) is 6.95. The van der Waals surface area contributed by atoms with Gasteiger partial charge in [-0.2, -0.15) is 4.72 Å². The Kier molecular flexibility index (Phi) is 6.93. The fraction of sp³-hybridized carbons (Fsp3) is 0.240. The van der Waals surface area contributed by atoms with Gasteiger partial charge < -0.3 is 5.32 Å². The van der Waals surface area contributed by atoms with Gasteiger partial charge in [-0.3, -0.25) is 4.79 Å². The maximum Gasteiger partial charge on any atom is 0.242 e. The van der Waals surface area contributed by atoms with Gasteiger partial charge in [0, 0.05) is 5.69 Å².